The zero-order chi connectivity index (χ0) is 13.3. The van der Waals surface area contributed by atoms with Crippen LogP contribution in [0.1, 0.15) is 41.0 Å². The Balaban J connectivity index is 0. The van der Waals surface area contributed by atoms with Crippen LogP contribution in [0.25, 0.3) is 0 Å². The molecule has 0 aliphatic heterocycles. The number of carbonyl (C=O) groups is 1. The number of likely N-dealkylation sites (N-methyl/N-ethyl adjacent to an activating group) is 1. The lowest BCUT2D eigenvalue weighted by Crippen LogP contribution is -2.42. The van der Waals surface area contributed by atoms with Crippen molar-refractivity contribution in [3.8, 4) is 0 Å². The molecule has 18 heavy (non-hydrogen) atoms. The Labute approximate surface area is 118 Å². The van der Waals surface area contributed by atoms with Crippen LogP contribution in [0.2, 0.25) is 0 Å². The van der Waals surface area contributed by atoms with Crippen LogP contribution in [0.4, 0.5) is 0 Å². The van der Waals surface area contributed by atoms with E-state index in [-0.39, 0.29) is 24.4 Å². The minimum Gasteiger partial charge on any atom is -0.369 e. The first-order chi connectivity index (χ1) is 7.97. The van der Waals surface area contributed by atoms with Gasteiger partial charge in [-0.3, -0.25) is 4.79 Å². The highest BCUT2D eigenvalue weighted by Crippen LogP contribution is 2.01. The lowest BCUT2D eigenvalue weighted by atomic mass is 10.1. The van der Waals surface area contributed by atoms with Gasteiger partial charge in [-0.1, -0.05) is 20.8 Å². The summed E-state index contributed by atoms with van der Waals surface area (Å²) in [4.78, 5) is 11.7. The summed E-state index contributed by atoms with van der Waals surface area (Å²) < 4.78 is 5.47. The van der Waals surface area contributed by atoms with Crippen molar-refractivity contribution in [3.63, 3.8) is 0 Å². The lowest BCUT2D eigenvalue weighted by Gasteiger charge is -2.17. The minimum atomic E-state index is -0.359. The first-order valence-corrected chi connectivity index (χ1v) is 6.60. The van der Waals surface area contributed by atoms with Gasteiger partial charge in [0.2, 0.25) is 5.91 Å². The largest absolute Gasteiger partial charge is 0.369 e. The number of hydrogen-bond acceptors (Lipinski definition) is 3. The fourth-order valence-electron chi connectivity index (χ4n) is 1.37. The average Bonchev–Trinajstić information content (AvgIpc) is 2.25. The van der Waals surface area contributed by atoms with Gasteiger partial charge in [-0.2, -0.15) is 0 Å². The van der Waals surface area contributed by atoms with Crippen molar-refractivity contribution in [1.29, 1.82) is 0 Å². The van der Waals surface area contributed by atoms with E-state index in [1.54, 1.807) is 6.92 Å². The Hall–Kier alpha value is -0.320. The Kier molecular flexibility index (Phi) is 13.1. The average molecular weight is 281 g/mol. The number of hydrogen-bond donors (Lipinski definition) is 2. The Morgan fingerprint density at radius 1 is 1.22 bits per heavy atom. The van der Waals surface area contributed by atoms with E-state index in [9.17, 15) is 4.79 Å². The van der Waals surface area contributed by atoms with Crippen molar-refractivity contribution in [2.45, 2.75) is 53.2 Å². The molecule has 2 atom stereocenters. The van der Waals surface area contributed by atoms with Crippen molar-refractivity contribution < 1.29 is 9.53 Å². The molecule has 0 spiro atoms. The zero-order valence-electron chi connectivity index (χ0n) is 12.3. The molecule has 0 aromatic rings. The summed E-state index contributed by atoms with van der Waals surface area (Å²) in [6.07, 6.45) is 0.633. The highest BCUT2D eigenvalue weighted by molar-refractivity contribution is 5.85. The van der Waals surface area contributed by atoms with Crippen molar-refractivity contribution in [2.24, 2.45) is 5.92 Å². The minimum absolute atomic E-state index is 0. The summed E-state index contributed by atoms with van der Waals surface area (Å²) in [6.45, 7) is 12.4. The molecule has 0 saturated heterocycles. The molecule has 0 bridgehead atoms. The van der Waals surface area contributed by atoms with Crippen LogP contribution in [0.3, 0.4) is 0 Å². The third-order valence-corrected chi connectivity index (χ3v) is 2.57. The van der Waals surface area contributed by atoms with E-state index in [0.29, 0.717) is 25.1 Å². The fourth-order valence-corrected chi connectivity index (χ4v) is 1.37. The third-order valence-electron chi connectivity index (χ3n) is 2.57. The molecular weight excluding hydrogens is 252 g/mol. The smallest absolute Gasteiger partial charge is 0.248 e. The molecule has 0 rings (SSSR count). The van der Waals surface area contributed by atoms with E-state index in [0.717, 1.165) is 13.0 Å². The van der Waals surface area contributed by atoms with Gasteiger partial charge in [0, 0.05) is 19.2 Å². The first kappa shape index (κ1) is 20.0. The summed E-state index contributed by atoms with van der Waals surface area (Å²) in [6, 6.07) is 0.298. The number of amides is 1. The van der Waals surface area contributed by atoms with E-state index < -0.39 is 0 Å². The first-order valence-electron chi connectivity index (χ1n) is 6.60. The number of carbonyl (C=O) groups excluding carboxylic acids is 1. The summed E-state index contributed by atoms with van der Waals surface area (Å²) in [5.41, 5.74) is 0. The number of halogens is 1. The predicted molar refractivity (Wildman–Crippen MR) is 78.3 cm³/mol. The van der Waals surface area contributed by atoms with Gasteiger partial charge in [0.05, 0.1) is 0 Å². The summed E-state index contributed by atoms with van der Waals surface area (Å²) in [5, 5.41) is 6.12. The van der Waals surface area contributed by atoms with Gasteiger partial charge >= 0.3 is 0 Å². The molecule has 0 saturated carbocycles. The molecule has 2 N–H and O–H groups in total. The zero-order valence-corrected chi connectivity index (χ0v) is 13.1. The van der Waals surface area contributed by atoms with E-state index in [4.69, 9.17) is 4.74 Å². The third kappa shape index (κ3) is 10.8. The van der Waals surface area contributed by atoms with Crippen molar-refractivity contribution >= 4 is 18.3 Å². The van der Waals surface area contributed by atoms with Gasteiger partial charge in [0.25, 0.3) is 0 Å². The molecule has 0 radical (unpaired) electrons. The second-order valence-corrected chi connectivity index (χ2v) is 4.90. The molecule has 5 heteroatoms. The second kappa shape index (κ2) is 11.8. The maximum Gasteiger partial charge on any atom is 0.248 e. The van der Waals surface area contributed by atoms with Gasteiger partial charge in [-0.25, -0.2) is 0 Å². The summed E-state index contributed by atoms with van der Waals surface area (Å²) in [7, 11) is 0. The topological polar surface area (TPSA) is 50.4 Å². The molecule has 0 fully saturated rings. The molecule has 0 aliphatic rings. The van der Waals surface area contributed by atoms with Crippen molar-refractivity contribution in [1.82, 2.24) is 10.6 Å². The molecule has 1 amide bonds. The van der Waals surface area contributed by atoms with E-state index >= 15 is 0 Å². The second-order valence-electron chi connectivity index (χ2n) is 4.90. The molecule has 1 unspecified atom stereocenters. The standard InChI is InChI=1S/C13H28N2O2.ClH/c1-6-14-11(4)9-15-13(16)12(5)17-8-7-10(2)3;/h10-12,14H,6-9H2,1-5H3,(H,15,16);1H/t11-,12?;/m1./s1. The molecule has 110 valence electrons. The SMILES string of the molecule is CCN[C@H](C)CNC(=O)C(C)OCCC(C)C.Cl. The summed E-state index contributed by atoms with van der Waals surface area (Å²) in [5.74, 6) is 0.581. The van der Waals surface area contributed by atoms with Crippen LogP contribution in [-0.4, -0.2) is 37.7 Å². The predicted octanol–water partition coefficient (Wildman–Crippen LogP) is 1.97. The number of ether oxygens (including phenoxy) is 1. The Morgan fingerprint density at radius 3 is 2.33 bits per heavy atom. The lowest BCUT2D eigenvalue weighted by molar-refractivity contribution is -0.132. The van der Waals surface area contributed by atoms with Crippen LogP contribution in [0.5, 0.6) is 0 Å². The molecular formula is C13H29ClN2O2. The van der Waals surface area contributed by atoms with Crippen LogP contribution in [0.15, 0.2) is 0 Å². The van der Waals surface area contributed by atoms with Crippen LogP contribution < -0.4 is 10.6 Å². The van der Waals surface area contributed by atoms with E-state index in [2.05, 4.69) is 31.4 Å². The van der Waals surface area contributed by atoms with E-state index in [1.165, 1.54) is 0 Å². The van der Waals surface area contributed by atoms with Gasteiger partial charge in [0.15, 0.2) is 0 Å². The molecule has 4 nitrogen and oxygen atoms in total. The quantitative estimate of drug-likeness (QED) is 0.679. The van der Waals surface area contributed by atoms with Gasteiger partial charge in [-0.05, 0) is 32.7 Å². The van der Waals surface area contributed by atoms with Gasteiger partial charge in [-0.15, -0.1) is 12.4 Å². The monoisotopic (exact) mass is 280 g/mol. The number of rotatable bonds is 9. The molecule has 0 aliphatic carbocycles. The highest BCUT2D eigenvalue weighted by Gasteiger charge is 2.13. The normalized spacial score (nSPS) is 13.9. The van der Waals surface area contributed by atoms with Crippen LogP contribution in [0, 0.1) is 5.92 Å². The maximum absolute atomic E-state index is 11.7. The fraction of sp³-hybridized carbons (Fsp3) is 0.923. The van der Waals surface area contributed by atoms with Crippen LogP contribution >= 0.6 is 12.4 Å². The highest BCUT2D eigenvalue weighted by atomic mass is 35.5. The number of nitrogens with one attached hydrogen (secondary N) is 2. The van der Waals surface area contributed by atoms with Crippen molar-refractivity contribution in [2.75, 3.05) is 19.7 Å². The molecule has 0 aromatic heterocycles. The maximum atomic E-state index is 11.7. The molecule has 0 heterocycles. The van der Waals surface area contributed by atoms with E-state index in [1.807, 2.05) is 6.92 Å². The Morgan fingerprint density at radius 2 is 1.83 bits per heavy atom. The van der Waals surface area contributed by atoms with Gasteiger partial charge in [0.1, 0.15) is 6.10 Å². The van der Waals surface area contributed by atoms with Crippen molar-refractivity contribution in [3.05, 3.63) is 0 Å². The summed E-state index contributed by atoms with van der Waals surface area (Å²) >= 11 is 0. The molecule has 0 aromatic carbocycles. The Bertz CT molecular complexity index is 213. The van der Waals surface area contributed by atoms with Crippen LogP contribution in [-0.2, 0) is 9.53 Å². The van der Waals surface area contributed by atoms with Gasteiger partial charge < -0.3 is 15.4 Å².